The number of benzene rings is 2. The Balaban J connectivity index is 1.45. The van der Waals surface area contributed by atoms with Gasteiger partial charge in [0.1, 0.15) is 18.0 Å². The van der Waals surface area contributed by atoms with Crippen LogP contribution in [-0.2, 0) is 22.7 Å². The topological polar surface area (TPSA) is 83.0 Å². The molecule has 7 nitrogen and oxygen atoms in total. The van der Waals surface area contributed by atoms with Gasteiger partial charge in [0.15, 0.2) is 6.10 Å². The van der Waals surface area contributed by atoms with Crippen molar-refractivity contribution < 1.29 is 14.3 Å². The Morgan fingerprint density at radius 1 is 1.22 bits per heavy atom. The molecular weight excluding hydrogens is 344 g/mol. The van der Waals surface area contributed by atoms with Gasteiger partial charge in [-0.3, -0.25) is 14.9 Å². The maximum Gasteiger partial charge on any atom is 0.261 e. The van der Waals surface area contributed by atoms with E-state index in [2.05, 4.69) is 15.6 Å². The Hall–Kier alpha value is -3.35. The minimum atomic E-state index is -0.670. The van der Waals surface area contributed by atoms with Crippen molar-refractivity contribution in [3.63, 3.8) is 0 Å². The zero-order chi connectivity index (χ0) is 18.8. The molecule has 0 saturated carbocycles. The number of hydrogen-bond donors (Lipinski definition) is 2. The average Bonchev–Trinajstić information content (AvgIpc) is 3.04. The maximum atomic E-state index is 12.4. The summed E-state index contributed by atoms with van der Waals surface area (Å²) in [5, 5.41) is 5.62. The highest BCUT2D eigenvalue weighted by atomic mass is 16.5. The second-order valence-electron chi connectivity index (χ2n) is 6.57. The Morgan fingerprint density at radius 3 is 2.85 bits per heavy atom. The van der Waals surface area contributed by atoms with Crippen LogP contribution in [0.2, 0.25) is 0 Å². The summed E-state index contributed by atoms with van der Waals surface area (Å²) in [6, 6.07) is 15.3. The van der Waals surface area contributed by atoms with Gasteiger partial charge in [-0.1, -0.05) is 42.5 Å². The fourth-order valence-electron chi connectivity index (χ4n) is 3.12. The summed E-state index contributed by atoms with van der Waals surface area (Å²) in [5.41, 5.74) is 2.65. The molecule has 0 aromatic heterocycles. The monoisotopic (exact) mass is 364 g/mol. The summed E-state index contributed by atoms with van der Waals surface area (Å²) in [7, 11) is 0. The number of fused-ring (bicyclic) bond motifs is 2. The number of guanidine groups is 1. The Morgan fingerprint density at radius 2 is 2.04 bits per heavy atom. The molecule has 1 unspecified atom stereocenters. The minimum Gasteiger partial charge on any atom is -0.479 e. The van der Waals surface area contributed by atoms with E-state index in [0.717, 1.165) is 11.1 Å². The number of para-hydroxylation sites is 1. The first-order valence-corrected chi connectivity index (χ1v) is 8.84. The molecule has 2 aliphatic rings. The third-order valence-corrected chi connectivity index (χ3v) is 4.53. The third-order valence-electron chi connectivity index (χ3n) is 4.53. The van der Waals surface area contributed by atoms with E-state index in [-0.39, 0.29) is 11.8 Å². The van der Waals surface area contributed by atoms with Gasteiger partial charge in [0.2, 0.25) is 11.9 Å². The van der Waals surface area contributed by atoms with Crippen molar-refractivity contribution in [3.05, 3.63) is 59.7 Å². The molecule has 0 aliphatic carbocycles. The lowest BCUT2D eigenvalue weighted by Gasteiger charge is -2.25. The van der Waals surface area contributed by atoms with Gasteiger partial charge in [0, 0.05) is 18.7 Å². The third kappa shape index (κ3) is 3.62. The molecule has 4 rings (SSSR count). The quantitative estimate of drug-likeness (QED) is 0.846. The average molecular weight is 364 g/mol. The molecule has 1 fully saturated rings. The van der Waals surface area contributed by atoms with Crippen molar-refractivity contribution >= 4 is 23.5 Å². The molecule has 1 atom stereocenters. The van der Waals surface area contributed by atoms with Crippen LogP contribution in [0.3, 0.4) is 0 Å². The molecule has 0 spiro atoms. The summed E-state index contributed by atoms with van der Waals surface area (Å²) >= 11 is 0. The molecule has 2 heterocycles. The fourth-order valence-corrected chi connectivity index (χ4v) is 3.12. The van der Waals surface area contributed by atoms with E-state index in [9.17, 15) is 9.59 Å². The fraction of sp³-hybridized carbons (Fsp3) is 0.250. The molecule has 2 aliphatic heterocycles. The molecular formula is C20H20N4O3. The first-order chi connectivity index (χ1) is 13.1. The van der Waals surface area contributed by atoms with E-state index in [1.165, 1.54) is 0 Å². The van der Waals surface area contributed by atoms with Gasteiger partial charge in [0.05, 0.1) is 0 Å². The predicted molar refractivity (Wildman–Crippen MR) is 100 cm³/mol. The lowest BCUT2D eigenvalue weighted by atomic mass is 10.1. The predicted octanol–water partition coefficient (Wildman–Crippen LogP) is 1.70. The number of hydrogen-bond acceptors (Lipinski definition) is 5. The normalized spacial score (nSPS) is 16.0. The van der Waals surface area contributed by atoms with Gasteiger partial charge in [-0.25, -0.2) is 4.99 Å². The molecule has 138 valence electrons. The molecule has 7 heteroatoms. The second kappa shape index (κ2) is 7.11. The highest BCUT2D eigenvalue weighted by Crippen LogP contribution is 2.36. The maximum absolute atomic E-state index is 12.4. The highest BCUT2D eigenvalue weighted by Gasteiger charge is 2.30. The van der Waals surface area contributed by atoms with Crippen LogP contribution in [0.1, 0.15) is 18.1 Å². The van der Waals surface area contributed by atoms with Crippen molar-refractivity contribution in [1.29, 1.82) is 0 Å². The number of amides is 2. The van der Waals surface area contributed by atoms with E-state index in [0.29, 0.717) is 37.0 Å². The minimum absolute atomic E-state index is 0.0716. The number of rotatable bonds is 5. The molecule has 2 amide bonds. The van der Waals surface area contributed by atoms with Crippen LogP contribution in [0.25, 0.3) is 0 Å². The van der Waals surface area contributed by atoms with Crippen molar-refractivity contribution in [2.75, 3.05) is 6.54 Å². The van der Waals surface area contributed by atoms with Crippen molar-refractivity contribution in [3.8, 4) is 5.75 Å². The number of nitrogens with zero attached hydrogens (tertiary/aromatic N) is 2. The molecule has 0 radical (unpaired) electrons. The zero-order valence-corrected chi connectivity index (χ0v) is 14.9. The second-order valence-corrected chi connectivity index (χ2v) is 6.57. The van der Waals surface area contributed by atoms with Gasteiger partial charge in [0.25, 0.3) is 5.91 Å². The smallest absolute Gasteiger partial charge is 0.261 e. The van der Waals surface area contributed by atoms with Crippen LogP contribution in [0.4, 0.5) is 5.69 Å². The van der Waals surface area contributed by atoms with Gasteiger partial charge in [-0.2, -0.15) is 0 Å². The Labute approximate surface area is 157 Å². The number of carbonyl (C=O) groups is 2. The van der Waals surface area contributed by atoms with Gasteiger partial charge < -0.3 is 15.0 Å². The number of carbonyl (C=O) groups excluding carboxylic acids is 2. The van der Waals surface area contributed by atoms with E-state index in [1.54, 1.807) is 13.0 Å². The first-order valence-electron chi connectivity index (χ1n) is 8.84. The van der Waals surface area contributed by atoms with Gasteiger partial charge in [-0.15, -0.1) is 0 Å². The SMILES string of the molecule is CC(Oc1cccc2c1N=C1NC(=O)CN1C2)C(=O)NCc1ccccc1. The van der Waals surface area contributed by atoms with E-state index < -0.39 is 6.10 Å². The summed E-state index contributed by atoms with van der Waals surface area (Å²) < 4.78 is 5.89. The Bertz CT molecular complexity index is 911. The van der Waals surface area contributed by atoms with Crippen LogP contribution in [0.5, 0.6) is 5.75 Å². The van der Waals surface area contributed by atoms with Crippen molar-refractivity contribution in [2.24, 2.45) is 4.99 Å². The number of ether oxygens (including phenoxy) is 1. The molecule has 1 saturated heterocycles. The summed E-state index contributed by atoms with van der Waals surface area (Å²) in [5.74, 6) is 0.793. The molecule has 2 aromatic rings. The van der Waals surface area contributed by atoms with Crippen LogP contribution >= 0.6 is 0 Å². The van der Waals surface area contributed by atoms with E-state index in [4.69, 9.17) is 4.74 Å². The zero-order valence-electron chi connectivity index (χ0n) is 14.9. The van der Waals surface area contributed by atoms with Crippen molar-refractivity contribution in [1.82, 2.24) is 15.5 Å². The molecule has 0 bridgehead atoms. The molecule has 2 aromatic carbocycles. The molecule has 27 heavy (non-hydrogen) atoms. The van der Waals surface area contributed by atoms with Crippen LogP contribution in [-0.4, -0.2) is 35.3 Å². The van der Waals surface area contributed by atoms with Crippen molar-refractivity contribution in [2.45, 2.75) is 26.1 Å². The van der Waals surface area contributed by atoms with Crippen LogP contribution < -0.4 is 15.4 Å². The van der Waals surface area contributed by atoms with Crippen LogP contribution in [0.15, 0.2) is 53.5 Å². The lowest BCUT2D eigenvalue weighted by molar-refractivity contribution is -0.127. The van der Waals surface area contributed by atoms with Crippen LogP contribution in [0, 0.1) is 0 Å². The summed E-state index contributed by atoms with van der Waals surface area (Å²) in [6.45, 7) is 3.04. The van der Waals surface area contributed by atoms with E-state index in [1.807, 2.05) is 47.4 Å². The largest absolute Gasteiger partial charge is 0.479 e. The summed E-state index contributed by atoms with van der Waals surface area (Å²) in [6.07, 6.45) is -0.670. The number of nitrogens with one attached hydrogen (secondary N) is 2. The molecule has 2 N–H and O–H groups in total. The lowest BCUT2D eigenvalue weighted by Crippen LogP contribution is -2.36. The standard InChI is InChI=1S/C20H20N4O3/c1-13(19(26)21-10-14-6-3-2-4-7-14)27-16-9-5-8-15-11-24-12-17(25)22-20(24)23-18(15)16/h2-9,13H,10-12H2,1H3,(H,21,26)(H,22,23,25). The number of aliphatic imine (C=N–C) groups is 1. The van der Waals surface area contributed by atoms with Gasteiger partial charge >= 0.3 is 0 Å². The Kier molecular flexibility index (Phi) is 4.50. The van der Waals surface area contributed by atoms with E-state index >= 15 is 0 Å². The summed E-state index contributed by atoms with van der Waals surface area (Å²) in [4.78, 5) is 30.4. The van der Waals surface area contributed by atoms with Gasteiger partial charge in [-0.05, 0) is 18.6 Å². The first kappa shape index (κ1) is 17.1. The highest BCUT2D eigenvalue weighted by molar-refractivity contribution is 6.06.